The van der Waals surface area contributed by atoms with Gasteiger partial charge in [-0.3, -0.25) is 0 Å². The van der Waals surface area contributed by atoms with E-state index in [1.807, 2.05) is 0 Å². The van der Waals surface area contributed by atoms with Crippen molar-refractivity contribution in [2.45, 2.75) is 43.6 Å². The Morgan fingerprint density at radius 3 is 2.10 bits per heavy atom. The van der Waals surface area contributed by atoms with Crippen LogP contribution in [0.3, 0.4) is 0 Å². The third-order valence-electron chi connectivity index (χ3n) is 2.96. The highest BCUT2D eigenvalue weighted by atomic mass is 32.2. The van der Waals surface area contributed by atoms with E-state index in [9.17, 15) is 0 Å². The number of fused-ring (bicyclic) bond motifs is 2. The highest BCUT2D eigenvalue weighted by molar-refractivity contribution is 8.02. The first kappa shape index (κ1) is 7.02. The minimum Gasteiger partial charge on any atom is -0.154 e. The standard InChI is InChI=1S/C9H16S/c1-6(2)9-7-4-3-5-8(9)10-7/h6-9H,3-5H2,1-2H3. The summed E-state index contributed by atoms with van der Waals surface area (Å²) >= 11 is 2.25. The van der Waals surface area contributed by atoms with Crippen LogP contribution in [0.5, 0.6) is 0 Å². The van der Waals surface area contributed by atoms with Gasteiger partial charge in [0.05, 0.1) is 0 Å². The fourth-order valence-electron chi connectivity index (χ4n) is 2.46. The molecule has 2 heterocycles. The van der Waals surface area contributed by atoms with Gasteiger partial charge in [-0.05, 0) is 24.7 Å². The quantitative estimate of drug-likeness (QED) is 0.562. The van der Waals surface area contributed by atoms with Crippen molar-refractivity contribution < 1.29 is 0 Å². The van der Waals surface area contributed by atoms with Crippen LogP contribution in [0.15, 0.2) is 0 Å². The third kappa shape index (κ3) is 0.903. The Bertz CT molecular complexity index is 117. The van der Waals surface area contributed by atoms with Gasteiger partial charge in [-0.15, -0.1) is 0 Å². The second-order valence-corrected chi connectivity index (χ2v) is 5.45. The number of rotatable bonds is 1. The monoisotopic (exact) mass is 156 g/mol. The molecule has 2 atom stereocenters. The van der Waals surface area contributed by atoms with Crippen LogP contribution in [0.4, 0.5) is 0 Å². The zero-order chi connectivity index (χ0) is 7.14. The molecule has 3 aliphatic rings. The lowest BCUT2D eigenvalue weighted by molar-refractivity contribution is 0.267. The lowest BCUT2D eigenvalue weighted by Gasteiger charge is -2.51. The van der Waals surface area contributed by atoms with Crippen molar-refractivity contribution in [1.82, 2.24) is 0 Å². The molecule has 2 unspecified atom stereocenters. The maximum absolute atomic E-state index is 2.38. The van der Waals surface area contributed by atoms with Crippen LogP contribution in [0, 0.1) is 11.8 Å². The van der Waals surface area contributed by atoms with Crippen molar-refractivity contribution in [2.24, 2.45) is 11.8 Å². The van der Waals surface area contributed by atoms with E-state index >= 15 is 0 Å². The molecule has 2 aliphatic heterocycles. The first-order valence-corrected chi connectivity index (χ1v) is 5.39. The molecule has 2 bridgehead atoms. The predicted molar refractivity (Wildman–Crippen MR) is 47.3 cm³/mol. The Hall–Kier alpha value is 0.350. The normalized spacial score (nSPS) is 45.3. The summed E-state index contributed by atoms with van der Waals surface area (Å²) < 4.78 is 0. The molecule has 0 N–H and O–H groups in total. The summed E-state index contributed by atoms with van der Waals surface area (Å²) in [5.74, 6) is 2.02. The molecule has 1 heteroatoms. The summed E-state index contributed by atoms with van der Waals surface area (Å²) in [5, 5.41) is 2.11. The molecule has 0 aromatic carbocycles. The summed E-state index contributed by atoms with van der Waals surface area (Å²) in [6.45, 7) is 4.77. The van der Waals surface area contributed by atoms with Crippen molar-refractivity contribution in [3.05, 3.63) is 0 Å². The molecular weight excluding hydrogens is 140 g/mol. The van der Waals surface area contributed by atoms with E-state index in [4.69, 9.17) is 0 Å². The summed E-state index contributed by atoms with van der Waals surface area (Å²) in [6.07, 6.45) is 4.51. The van der Waals surface area contributed by atoms with E-state index < -0.39 is 0 Å². The van der Waals surface area contributed by atoms with Crippen LogP contribution in [-0.2, 0) is 0 Å². The van der Waals surface area contributed by atoms with Gasteiger partial charge in [0, 0.05) is 10.5 Å². The average molecular weight is 156 g/mol. The van der Waals surface area contributed by atoms with Gasteiger partial charge in [0.15, 0.2) is 0 Å². The van der Waals surface area contributed by atoms with Crippen molar-refractivity contribution in [1.29, 1.82) is 0 Å². The Kier molecular flexibility index (Phi) is 1.71. The van der Waals surface area contributed by atoms with Gasteiger partial charge >= 0.3 is 0 Å². The fourth-order valence-corrected chi connectivity index (χ4v) is 4.61. The maximum Gasteiger partial charge on any atom is 0.00912 e. The Labute approximate surface area is 67.8 Å². The Balaban J connectivity index is 1.99. The van der Waals surface area contributed by atoms with Gasteiger partial charge in [-0.2, -0.15) is 11.8 Å². The molecule has 0 amide bonds. The van der Waals surface area contributed by atoms with E-state index in [1.165, 1.54) is 19.3 Å². The van der Waals surface area contributed by atoms with Gasteiger partial charge in [0.25, 0.3) is 0 Å². The number of hydrogen-bond donors (Lipinski definition) is 0. The second-order valence-electron chi connectivity index (χ2n) is 3.97. The second kappa shape index (κ2) is 2.44. The molecule has 0 aromatic rings. The molecule has 0 radical (unpaired) electrons. The lowest BCUT2D eigenvalue weighted by Crippen LogP contribution is -2.46. The molecule has 1 saturated carbocycles. The summed E-state index contributed by atoms with van der Waals surface area (Å²) in [4.78, 5) is 0. The van der Waals surface area contributed by atoms with Gasteiger partial charge in [0.1, 0.15) is 0 Å². The zero-order valence-electron chi connectivity index (χ0n) is 6.84. The van der Waals surface area contributed by atoms with Crippen molar-refractivity contribution in [2.75, 3.05) is 0 Å². The first-order valence-electron chi connectivity index (χ1n) is 4.44. The molecule has 0 aromatic heterocycles. The summed E-state index contributed by atoms with van der Waals surface area (Å²) in [5.41, 5.74) is 0. The molecule has 1 aliphatic carbocycles. The molecule has 0 spiro atoms. The highest BCUT2D eigenvalue weighted by Gasteiger charge is 2.45. The zero-order valence-corrected chi connectivity index (χ0v) is 7.66. The molecule has 2 saturated heterocycles. The van der Waals surface area contributed by atoms with Gasteiger partial charge < -0.3 is 0 Å². The summed E-state index contributed by atoms with van der Waals surface area (Å²) in [6, 6.07) is 0. The SMILES string of the molecule is CC(C)C1C2CCCC1S2. The van der Waals surface area contributed by atoms with Gasteiger partial charge in [0.2, 0.25) is 0 Å². The molecule has 0 nitrogen and oxygen atoms in total. The van der Waals surface area contributed by atoms with Crippen LogP contribution in [0.25, 0.3) is 0 Å². The minimum atomic E-state index is 0.941. The van der Waals surface area contributed by atoms with Crippen LogP contribution in [0.1, 0.15) is 33.1 Å². The van der Waals surface area contributed by atoms with Gasteiger partial charge in [-0.1, -0.05) is 20.3 Å². The molecule has 3 fully saturated rings. The van der Waals surface area contributed by atoms with E-state index in [0.717, 1.165) is 22.3 Å². The Morgan fingerprint density at radius 1 is 1.20 bits per heavy atom. The minimum absolute atomic E-state index is 0.941. The molecule has 58 valence electrons. The van der Waals surface area contributed by atoms with Crippen LogP contribution < -0.4 is 0 Å². The van der Waals surface area contributed by atoms with E-state index in [0.29, 0.717) is 0 Å². The maximum atomic E-state index is 2.38. The Morgan fingerprint density at radius 2 is 1.80 bits per heavy atom. The summed E-state index contributed by atoms with van der Waals surface area (Å²) in [7, 11) is 0. The van der Waals surface area contributed by atoms with E-state index in [-0.39, 0.29) is 0 Å². The van der Waals surface area contributed by atoms with Crippen LogP contribution in [-0.4, -0.2) is 10.5 Å². The van der Waals surface area contributed by atoms with Crippen molar-refractivity contribution in [3.8, 4) is 0 Å². The highest BCUT2D eigenvalue weighted by Crippen LogP contribution is 2.54. The van der Waals surface area contributed by atoms with Crippen molar-refractivity contribution in [3.63, 3.8) is 0 Å². The molecule has 3 rings (SSSR count). The third-order valence-corrected chi connectivity index (χ3v) is 4.75. The predicted octanol–water partition coefficient (Wildman–Crippen LogP) is 2.93. The first-order chi connectivity index (χ1) is 4.79. The lowest BCUT2D eigenvalue weighted by atomic mass is 9.79. The smallest absolute Gasteiger partial charge is 0.00912 e. The average Bonchev–Trinajstić information content (AvgIpc) is 1.87. The van der Waals surface area contributed by atoms with Gasteiger partial charge in [-0.25, -0.2) is 0 Å². The van der Waals surface area contributed by atoms with E-state index in [1.54, 1.807) is 0 Å². The number of hydrogen-bond acceptors (Lipinski definition) is 1. The number of thioether (sulfide) groups is 1. The largest absolute Gasteiger partial charge is 0.154 e. The topological polar surface area (TPSA) is 0 Å². The molecular formula is C9H16S. The van der Waals surface area contributed by atoms with Crippen LogP contribution >= 0.6 is 11.8 Å². The fraction of sp³-hybridized carbons (Fsp3) is 1.00. The van der Waals surface area contributed by atoms with E-state index in [2.05, 4.69) is 25.6 Å². The van der Waals surface area contributed by atoms with Crippen molar-refractivity contribution >= 4 is 11.8 Å². The van der Waals surface area contributed by atoms with Crippen LogP contribution in [0.2, 0.25) is 0 Å². The molecule has 10 heavy (non-hydrogen) atoms.